The van der Waals surface area contributed by atoms with Crippen LogP contribution in [-0.4, -0.2) is 53.8 Å². The Hall–Kier alpha value is -4.13. The number of aromatic nitrogens is 2. The third-order valence-electron chi connectivity index (χ3n) is 5.67. The Morgan fingerprint density at radius 1 is 0.788 bits per heavy atom. The molecule has 0 unspecified atom stereocenters. The number of amides is 1. The second kappa shape index (κ2) is 9.56. The maximum absolute atomic E-state index is 12.8. The smallest absolute Gasteiger partial charge is 0.260 e. The Kier molecular flexibility index (Phi) is 6.01. The monoisotopic (exact) mass is 440 g/mol. The van der Waals surface area contributed by atoms with Crippen LogP contribution in [0.15, 0.2) is 89.3 Å². The van der Waals surface area contributed by atoms with E-state index in [9.17, 15) is 4.79 Å². The van der Waals surface area contributed by atoms with Gasteiger partial charge in [0.15, 0.2) is 6.61 Å². The van der Waals surface area contributed by atoms with Crippen LogP contribution in [0.3, 0.4) is 0 Å². The molecule has 0 saturated carbocycles. The van der Waals surface area contributed by atoms with E-state index < -0.39 is 0 Å². The minimum absolute atomic E-state index is 0.0342. The minimum Gasteiger partial charge on any atom is -0.483 e. The summed E-state index contributed by atoms with van der Waals surface area (Å²) >= 11 is 0. The van der Waals surface area contributed by atoms with Crippen molar-refractivity contribution < 1.29 is 13.9 Å². The number of hydrogen-bond acceptors (Lipinski definition) is 6. The van der Waals surface area contributed by atoms with E-state index in [1.54, 1.807) is 0 Å². The Morgan fingerprint density at radius 3 is 2.18 bits per heavy atom. The summed E-state index contributed by atoms with van der Waals surface area (Å²) in [5, 5.41) is 8.33. The average molecular weight is 441 g/mol. The third-order valence-corrected chi connectivity index (χ3v) is 5.67. The Morgan fingerprint density at radius 2 is 1.42 bits per heavy atom. The molecule has 1 amide bonds. The molecule has 0 atom stereocenters. The number of rotatable bonds is 6. The van der Waals surface area contributed by atoms with E-state index >= 15 is 0 Å². The fourth-order valence-electron chi connectivity index (χ4n) is 3.88. The molecule has 1 fully saturated rings. The molecule has 1 aliphatic rings. The van der Waals surface area contributed by atoms with Crippen LogP contribution in [0.1, 0.15) is 0 Å². The summed E-state index contributed by atoms with van der Waals surface area (Å²) < 4.78 is 11.8. The predicted molar refractivity (Wildman–Crippen MR) is 126 cm³/mol. The summed E-state index contributed by atoms with van der Waals surface area (Å²) in [4.78, 5) is 16.9. The highest BCUT2D eigenvalue weighted by Gasteiger charge is 2.22. The third kappa shape index (κ3) is 4.72. The van der Waals surface area contributed by atoms with Crippen molar-refractivity contribution in [1.29, 1.82) is 0 Å². The molecule has 7 heteroatoms. The molecule has 0 radical (unpaired) electrons. The quantitative estimate of drug-likeness (QED) is 0.449. The highest BCUT2D eigenvalue weighted by atomic mass is 16.5. The fourth-order valence-corrected chi connectivity index (χ4v) is 3.88. The second-order valence-corrected chi connectivity index (χ2v) is 7.77. The van der Waals surface area contributed by atoms with Crippen molar-refractivity contribution in [3.8, 4) is 28.7 Å². The molecule has 33 heavy (non-hydrogen) atoms. The van der Waals surface area contributed by atoms with Gasteiger partial charge >= 0.3 is 0 Å². The molecule has 0 N–H and O–H groups in total. The Bertz CT molecular complexity index is 1200. The zero-order valence-corrected chi connectivity index (χ0v) is 18.1. The van der Waals surface area contributed by atoms with E-state index in [4.69, 9.17) is 9.15 Å². The number of benzene rings is 3. The number of para-hydroxylation sites is 2. The SMILES string of the molecule is O=C(COc1ccccc1-c1nnc(-c2ccccc2)o1)N1CCN(c2ccccc2)CC1. The number of anilines is 1. The van der Waals surface area contributed by atoms with E-state index in [-0.39, 0.29) is 12.5 Å². The Balaban J connectivity index is 1.22. The molecule has 0 spiro atoms. The van der Waals surface area contributed by atoms with Crippen molar-refractivity contribution >= 4 is 11.6 Å². The molecule has 0 aliphatic carbocycles. The van der Waals surface area contributed by atoms with Gasteiger partial charge < -0.3 is 19.0 Å². The largest absolute Gasteiger partial charge is 0.483 e. The first-order valence-corrected chi connectivity index (χ1v) is 11.0. The predicted octanol–water partition coefficient (Wildman–Crippen LogP) is 4.13. The summed E-state index contributed by atoms with van der Waals surface area (Å²) in [6.45, 7) is 2.90. The van der Waals surface area contributed by atoms with Crippen LogP contribution in [0.5, 0.6) is 5.75 Å². The molecule has 1 aromatic heterocycles. The van der Waals surface area contributed by atoms with Gasteiger partial charge in [-0.2, -0.15) is 0 Å². The first-order valence-electron chi connectivity index (χ1n) is 11.0. The van der Waals surface area contributed by atoms with Gasteiger partial charge in [0.1, 0.15) is 5.75 Å². The fraction of sp³-hybridized carbons (Fsp3) is 0.192. The standard InChI is InChI=1S/C26H24N4O3/c31-24(30-17-15-29(16-18-30)21-11-5-2-6-12-21)19-32-23-14-8-7-13-22(23)26-28-27-25(33-26)20-9-3-1-4-10-20/h1-14H,15-19H2. The van der Waals surface area contributed by atoms with E-state index in [0.29, 0.717) is 36.2 Å². The number of carbonyl (C=O) groups excluding carboxylic acids is 1. The lowest BCUT2D eigenvalue weighted by molar-refractivity contribution is -0.133. The summed E-state index contributed by atoms with van der Waals surface area (Å²) in [5.74, 6) is 1.30. The molecule has 4 aromatic rings. The van der Waals surface area contributed by atoms with Gasteiger partial charge in [0.2, 0.25) is 5.89 Å². The van der Waals surface area contributed by atoms with E-state index in [1.807, 2.05) is 77.7 Å². The van der Waals surface area contributed by atoms with Gasteiger partial charge in [-0.05, 0) is 36.4 Å². The van der Waals surface area contributed by atoms with Crippen LogP contribution in [0.4, 0.5) is 5.69 Å². The molecule has 3 aromatic carbocycles. The number of nitrogens with zero attached hydrogens (tertiary/aromatic N) is 4. The molecule has 7 nitrogen and oxygen atoms in total. The van der Waals surface area contributed by atoms with Crippen molar-refractivity contribution in [3.05, 3.63) is 84.9 Å². The molecule has 166 valence electrons. The maximum Gasteiger partial charge on any atom is 0.260 e. The van der Waals surface area contributed by atoms with Gasteiger partial charge in [-0.15, -0.1) is 10.2 Å². The minimum atomic E-state index is -0.0397. The highest BCUT2D eigenvalue weighted by Crippen LogP contribution is 2.31. The second-order valence-electron chi connectivity index (χ2n) is 7.77. The normalized spacial score (nSPS) is 13.7. The molecular weight excluding hydrogens is 416 g/mol. The number of ether oxygens (including phenoxy) is 1. The van der Waals surface area contributed by atoms with Crippen molar-refractivity contribution in [1.82, 2.24) is 15.1 Å². The van der Waals surface area contributed by atoms with Crippen molar-refractivity contribution in [3.63, 3.8) is 0 Å². The molecule has 1 aliphatic heterocycles. The van der Waals surface area contributed by atoms with Gasteiger partial charge in [0, 0.05) is 37.4 Å². The number of piperazine rings is 1. The van der Waals surface area contributed by atoms with Crippen molar-refractivity contribution in [2.75, 3.05) is 37.7 Å². The van der Waals surface area contributed by atoms with Gasteiger partial charge in [0.05, 0.1) is 5.56 Å². The highest BCUT2D eigenvalue weighted by molar-refractivity contribution is 5.78. The van der Waals surface area contributed by atoms with Gasteiger partial charge in [-0.3, -0.25) is 4.79 Å². The van der Waals surface area contributed by atoms with Crippen LogP contribution >= 0.6 is 0 Å². The van der Waals surface area contributed by atoms with Crippen LogP contribution in [0, 0.1) is 0 Å². The van der Waals surface area contributed by atoms with Crippen LogP contribution in [0.25, 0.3) is 22.9 Å². The summed E-state index contributed by atoms with van der Waals surface area (Å²) in [5.41, 5.74) is 2.69. The average Bonchev–Trinajstić information content (AvgIpc) is 3.39. The zero-order valence-electron chi connectivity index (χ0n) is 18.1. The lowest BCUT2D eigenvalue weighted by Crippen LogP contribution is -2.50. The topological polar surface area (TPSA) is 71.7 Å². The van der Waals surface area contributed by atoms with Gasteiger partial charge in [-0.25, -0.2) is 0 Å². The molecule has 1 saturated heterocycles. The summed E-state index contributed by atoms with van der Waals surface area (Å²) in [6, 6.07) is 27.2. The molecular formula is C26H24N4O3. The lowest BCUT2D eigenvalue weighted by atomic mass is 10.2. The van der Waals surface area contributed by atoms with Crippen LogP contribution < -0.4 is 9.64 Å². The lowest BCUT2D eigenvalue weighted by Gasteiger charge is -2.36. The van der Waals surface area contributed by atoms with E-state index in [1.165, 1.54) is 5.69 Å². The summed E-state index contributed by atoms with van der Waals surface area (Å²) in [6.07, 6.45) is 0. The van der Waals surface area contributed by atoms with E-state index in [0.717, 1.165) is 18.7 Å². The van der Waals surface area contributed by atoms with Crippen molar-refractivity contribution in [2.24, 2.45) is 0 Å². The molecule has 0 bridgehead atoms. The number of hydrogen-bond donors (Lipinski definition) is 0. The van der Waals surface area contributed by atoms with E-state index in [2.05, 4.69) is 27.2 Å². The van der Waals surface area contributed by atoms with Crippen LogP contribution in [0.2, 0.25) is 0 Å². The van der Waals surface area contributed by atoms with Gasteiger partial charge in [0.25, 0.3) is 11.8 Å². The summed E-state index contributed by atoms with van der Waals surface area (Å²) in [7, 11) is 0. The van der Waals surface area contributed by atoms with Gasteiger partial charge in [-0.1, -0.05) is 48.5 Å². The Labute approximate surface area is 192 Å². The van der Waals surface area contributed by atoms with Crippen molar-refractivity contribution in [2.45, 2.75) is 0 Å². The first kappa shape index (κ1) is 20.8. The molecule has 2 heterocycles. The van der Waals surface area contributed by atoms with Crippen LogP contribution in [-0.2, 0) is 4.79 Å². The first-order chi connectivity index (χ1) is 16.3. The number of carbonyl (C=O) groups is 1. The molecule has 5 rings (SSSR count). The maximum atomic E-state index is 12.8. The zero-order chi connectivity index (χ0) is 22.5.